The molecule has 74 valence electrons. The maximum absolute atomic E-state index is 12.5. The summed E-state index contributed by atoms with van der Waals surface area (Å²) in [7, 11) is 0. The molecule has 0 saturated carbocycles. The lowest BCUT2D eigenvalue weighted by atomic mass is 10.1. The Bertz CT molecular complexity index is 315. The highest BCUT2D eigenvalue weighted by Gasteiger charge is 2.07. The van der Waals surface area contributed by atoms with Crippen molar-refractivity contribution < 1.29 is 9.50 Å². The zero-order valence-corrected chi connectivity index (χ0v) is 7.78. The topological polar surface area (TPSA) is 33.1 Å². The number of aromatic nitrogens is 1. The smallest absolute Gasteiger partial charge is 0.141 e. The molecule has 1 atom stereocenters. The van der Waals surface area contributed by atoms with Gasteiger partial charge in [-0.25, -0.2) is 4.39 Å². The van der Waals surface area contributed by atoms with Crippen molar-refractivity contribution in [3.05, 3.63) is 29.8 Å². The van der Waals surface area contributed by atoms with E-state index in [-0.39, 0.29) is 0 Å². The van der Waals surface area contributed by atoms with Crippen LogP contribution in [0.25, 0.3) is 0 Å². The fourth-order valence-electron chi connectivity index (χ4n) is 1.13. The number of rotatable bonds is 4. The summed E-state index contributed by atoms with van der Waals surface area (Å²) in [6.45, 7) is 0. The van der Waals surface area contributed by atoms with E-state index in [0.717, 1.165) is 12.6 Å². The molecule has 0 aliphatic carbocycles. The molecule has 0 bridgehead atoms. The van der Waals surface area contributed by atoms with Crippen molar-refractivity contribution in [2.24, 2.45) is 0 Å². The Labute approximate surface area is 82.8 Å². The summed E-state index contributed by atoms with van der Waals surface area (Å²) in [6.07, 6.45) is 7.47. The summed E-state index contributed by atoms with van der Waals surface area (Å²) in [6, 6.07) is 2.77. The maximum atomic E-state index is 12.5. The lowest BCUT2D eigenvalue weighted by Crippen LogP contribution is -2.00. The van der Waals surface area contributed by atoms with Gasteiger partial charge in [-0.15, -0.1) is 12.3 Å². The van der Waals surface area contributed by atoms with Gasteiger partial charge in [0.15, 0.2) is 0 Å². The number of hydrogen-bond donors (Lipinski definition) is 1. The lowest BCUT2D eigenvalue weighted by molar-refractivity contribution is 0.160. The van der Waals surface area contributed by atoms with Crippen molar-refractivity contribution in [2.75, 3.05) is 0 Å². The Balaban J connectivity index is 2.48. The van der Waals surface area contributed by atoms with Gasteiger partial charge in [-0.3, -0.25) is 4.98 Å². The first-order valence-electron chi connectivity index (χ1n) is 4.47. The normalized spacial score (nSPS) is 12.1. The van der Waals surface area contributed by atoms with Crippen LogP contribution in [0.4, 0.5) is 4.39 Å². The van der Waals surface area contributed by atoms with Crippen molar-refractivity contribution in [3.8, 4) is 12.3 Å². The second-order valence-electron chi connectivity index (χ2n) is 3.01. The third-order valence-corrected chi connectivity index (χ3v) is 1.89. The van der Waals surface area contributed by atoms with E-state index in [0.29, 0.717) is 18.5 Å². The van der Waals surface area contributed by atoms with Crippen LogP contribution in [0, 0.1) is 18.2 Å². The largest absolute Gasteiger partial charge is 0.387 e. The highest BCUT2D eigenvalue weighted by Crippen LogP contribution is 2.16. The minimum absolute atomic E-state index is 0.399. The third kappa shape index (κ3) is 3.15. The number of unbranched alkanes of at least 4 members (excludes halogenated alkanes) is 1. The van der Waals surface area contributed by atoms with Crippen LogP contribution in [0.2, 0.25) is 0 Å². The molecule has 1 unspecified atom stereocenters. The zero-order valence-electron chi connectivity index (χ0n) is 7.78. The second-order valence-corrected chi connectivity index (χ2v) is 3.01. The molecule has 0 radical (unpaired) electrons. The molecule has 1 rings (SSSR count). The minimum Gasteiger partial charge on any atom is -0.387 e. The van der Waals surface area contributed by atoms with Crippen molar-refractivity contribution >= 4 is 0 Å². The number of aliphatic hydroxyl groups excluding tert-OH is 1. The molecule has 0 aliphatic heterocycles. The van der Waals surface area contributed by atoms with Crippen LogP contribution < -0.4 is 0 Å². The standard InChI is InChI=1S/C11H12FNO/c1-2-3-4-5-11(14)10-7-6-9(12)8-13-10/h1,6-8,11,14H,3-5H2. The third-order valence-electron chi connectivity index (χ3n) is 1.89. The molecule has 0 amide bonds. The average Bonchev–Trinajstić information content (AvgIpc) is 2.19. The molecular weight excluding hydrogens is 181 g/mol. The molecule has 2 nitrogen and oxygen atoms in total. The van der Waals surface area contributed by atoms with E-state index in [9.17, 15) is 9.50 Å². The van der Waals surface area contributed by atoms with E-state index in [2.05, 4.69) is 10.9 Å². The molecule has 1 heterocycles. The lowest BCUT2D eigenvalue weighted by Gasteiger charge is -2.08. The average molecular weight is 193 g/mol. The second kappa shape index (κ2) is 5.36. The van der Waals surface area contributed by atoms with Crippen molar-refractivity contribution in [1.29, 1.82) is 0 Å². The number of halogens is 1. The van der Waals surface area contributed by atoms with Crippen molar-refractivity contribution in [2.45, 2.75) is 25.4 Å². The molecule has 0 fully saturated rings. The molecule has 0 spiro atoms. The van der Waals surface area contributed by atoms with Gasteiger partial charge in [-0.05, 0) is 25.0 Å². The van der Waals surface area contributed by atoms with E-state index in [4.69, 9.17) is 6.42 Å². The highest BCUT2D eigenvalue weighted by molar-refractivity contribution is 5.07. The summed E-state index contributed by atoms with van der Waals surface area (Å²) in [5, 5.41) is 9.58. The molecule has 0 aromatic carbocycles. The molecule has 1 N–H and O–H groups in total. The monoisotopic (exact) mass is 193 g/mol. The first-order chi connectivity index (χ1) is 6.74. The summed E-state index contributed by atoms with van der Waals surface area (Å²) in [5.41, 5.74) is 0.489. The predicted octanol–water partition coefficient (Wildman–Crippen LogP) is 2.06. The SMILES string of the molecule is C#CCCCC(O)c1ccc(F)cn1. The van der Waals surface area contributed by atoms with Gasteiger partial charge in [0.25, 0.3) is 0 Å². The van der Waals surface area contributed by atoms with Crippen LogP contribution in [0.5, 0.6) is 0 Å². The number of nitrogens with zero attached hydrogens (tertiary/aromatic N) is 1. The molecular formula is C11H12FNO. The molecule has 1 aromatic heterocycles. The van der Waals surface area contributed by atoms with E-state index >= 15 is 0 Å². The molecule has 14 heavy (non-hydrogen) atoms. The van der Waals surface area contributed by atoms with Crippen LogP contribution >= 0.6 is 0 Å². The van der Waals surface area contributed by atoms with Gasteiger partial charge in [0.1, 0.15) is 5.82 Å². The highest BCUT2D eigenvalue weighted by atomic mass is 19.1. The van der Waals surface area contributed by atoms with Crippen LogP contribution in [-0.4, -0.2) is 10.1 Å². The summed E-state index contributed by atoms with van der Waals surface area (Å²) >= 11 is 0. The Hall–Kier alpha value is -1.40. The van der Waals surface area contributed by atoms with E-state index < -0.39 is 11.9 Å². The van der Waals surface area contributed by atoms with Gasteiger partial charge < -0.3 is 5.11 Å². The number of terminal acetylenes is 1. The fourth-order valence-corrected chi connectivity index (χ4v) is 1.13. The Kier molecular flexibility index (Phi) is 4.09. The predicted molar refractivity (Wildman–Crippen MR) is 51.8 cm³/mol. The van der Waals surface area contributed by atoms with Crippen LogP contribution in [0.3, 0.4) is 0 Å². The first-order valence-corrected chi connectivity index (χ1v) is 4.47. The van der Waals surface area contributed by atoms with Crippen molar-refractivity contribution in [1.82, 2.24) is 4.98 Å². The molecule has 0 saturated heterocycles. The van der Waals surface area contributed by atoms with E-state index in [1.807, 2.05) is 0 Å². The first kappa shape index (κ1) is 10.7. The van der Waals surface area contributed by atoms with E-state index in [1.54, 1.807) is 0 Å². The quantitative estimate of drug-likeness (QED) is 0.586. The van der Waals surface area contributed by atoms with Gasteiger partial charge in [-0.2, -0.15) is 0 Å². The van der Waals surface area contributed by atoms with Crippen LogP contribution in [-0.2, 0) is 0 Å². The fraction of sp³-hybridized carbons (Fsp3) is 0.364. The van der Waals surface area contributed by atoms with Gasteiger partial charge in [-0.1, -0.05) is 0 Å². The maximum Gasteiger partial charge on any atom is 0.141 e. The summed E-state index contributed by atoms with van der Waals surface area (Å²) < 4.78 is 12.5. The molecule has 0 aliphatic rings. The zero-order chi connectivity index (χ0) is 10.4. The van der Waals surface area contributed by atoms with Crippen LogP contribution in [0.15, 0.2) is 18.3 Å². The minimum atomic E-state index is -0.649. The molecule has 3 heteroatoms. The summed E-state index contributed by atoms with van der Waals surface area (Å²) in [5.74, 6) is 2.09. The number of pyridine rings is 1. The van der Waals surface area contributed by atoms with Gasteiger partial charge in [0.05, 0.1) is 18.0 Å². The molecule has 1 aromatic rings. The summed E-state index contributed by atoms with van der Waals surface area (Å²) in [4.78, 5) is 3.78. The van der Waals surface area contributed by atoms with Crippen LogP contribution in [0.1, 0.15) is 31.1 Å². The number of aliphatic hydroxyl groups is 1. The Morgan fingerprint density at radius 1 is 1.57 bits per heavy atom. The number of hydrogen-bond acceptors (Lipinski definition) is 2. The van der Waals surface area contributed by atoms with Gasteiger partial charge in [0, 0.05) is 6.42 Å². The van der Waals surface area contributed by atoms with E-state index in [1.165, 1.54) is 12.1 Å². The van der Waals surface area contributed by atoms with Gasteiger partial charge >= 0.3 is 0 Å². The Morgan fingerprint density at radius 3 is 2.93 bits per heavy atom. The van der Waals surface area contributed by atoms with Gasteiger partial charge in [0.2, 0.25) is 0 Å². The van der Waals surface area contributed by atoms with Crippen molar-refractivity contribution in [3.63, 3.8) is 0 Å². The Morgan fingerprint density at radius 2 is 2.36 bits per heavy atom.